The van der Waals surface area contributed by atoms with Crippen LogP contribution in [0.1, 0.15) is 37.3 Å². The van der Waals surface area contributed by atoms with E-state index in [-0.39, 0.29) is 11.8 Å². The van der Waals surface area contributed by atoms with Gasteiger partial charge in [-0.25, -0.2) is 13.1 Å². The third-order valence-corrected chi connectivity index (χ3v) is 6.37. The summed E-state index contributed by atoms with van der Waals surface area (Å²) in [5.41, 5.74) is 4.10. The monoisotopic (exact) mass is 337 g/mol. The van der Waals surface area contributed by atoms with Crippen LogP contribution in [0.2, 0.25) is 0 Å². The fourth-order valence-corrected chi connectivity index (χ4v) is 4.97. The van der Waals surface area contributed by atoms with Crippen molar-refractivity contribution in [3.63, 3.8) is 0 Å². The van der Waals surface area contributed by atoms with Crippen LogP contribution in [-0.4, -0.2) is 44.7 Å². The lowest BCUT2D eigenvalue weighted by molar-refractivity contribution is 0.200. The molecule has 0 bridgehead atoms. The number of hydrogen-bond acceptors (Lipinski definition) is 4. The summed E-state index contributed by atoms with van der Waals surface area (Å²) < 4.78 is 26.6. The number of fused-ring (bicyclic) bond motifs is 1. The molecule has 0 radical (unpaired) electrons. The molecular formula is C17H27N3O2S. The number of nitrogens with zero attached hydrogens (tertiary/aromatic N) is 1. The van der Waals surface area contributed by atoms with Gasteiger partial charge < -0.3 is 5.32 Å². The maximum atomic E-state index is 11.9. The molecule has 2 aliphatic rings. The fraction of sp³-hybridized carbons (Fsp3) is 0.647. The summed E-state index contributed by atoms with van der Waals surface area (Å²) in [5.74, 6) is 0.231. The minimum Gasteiger partial charge on any atom is -0.384 e. The van der Waals surface area contributed by atoms with Crippen LogP contribution in [0.5, 0.6) is 0 Å². The topological polar surface area (TPSA) is 61.4 Å². The van der Waals surface area contributed by atoms with Crippen LogP contribution in [0, 0.1) is 0 Å². The highest BCUT2D eigenvalue weighted by Gasteiger charge is 2.24. The van der Waals surface area contributed by atoms with E-state index in [1.165, 1.54) is 16.8 Å². The van der Waals surface area contributed by atoms with Crippen molar-refractivity contribution in [3.05, 3.63) is 29.3 Å². The molecule has 23 heavy (non-hydrogen) atoms. The first-order valence-electron chi connectivity index (χ1n) is 8.64. The van der Waals surface area contributed by atoms with Crippen molar-refractivity contribution in [2.75, 3.05) is 30.7 Å². The molecule has 0 spiro atoms. The number of sulfonamides is 1. The minimum absolute atomic E-state index is 0.0995. The number of hydrogen-bond donors (Lipinski definition) is 2. The van der Waals surface area contributed by atoms with Crippen LogP contribution in [0.3, 0.4) is 0 Å². The number of para-hydroxylation sites is 1. The van der Waals surface area contributed by atoms with Gasteiger partial charge in [0, 0.05) is 37.9 Å². The normalized spacial score (nSPS) is 19.5. The Hall–Kier alpha value is -1.11. The molecule has 128 valence electrons. The zero-order valence-electron chi connectivity index (χ0n) is 13.8. The van der Waals surface area contributed by atoms with E-state index in [2.05, 4.69) is 33.1 Å². The second kappa shape index (κ2) is 7.20. The zero-order valence-corrected chi connectivity index (χ0v) is 14.7. The van der Waals surface area contributed by atoms with Gasteiger partial charge in [0.2, 0.25) is 10.0 Å². The largest absolute Gasteiger partial charge is 0.384 e. The molecule has 0 amide bonds. The van der Waals surface area contributed by atoms with E-state index in [9.17, 15) is 8.42 Å². The van der Waals surface area contributed by atoms with Gasteiger partial charge in [-0.1, -0.05) is 25.1 Å². The number of likely N-dealkylation sites (tertiary alicyclic amines) is 1. The van der Waals surface area contributed by atoms with Crippen molar-refractivity contribution in [2.45, 2.75) is 45.2 Å². The van der Waals surface area contributed by atoms with Gasteiger partial charge in [-0.3, -0.25) is 4.90 Å². The van der Waals surface area contributed by atoms with Crippen molar-refractivity contribution in [3.8, 4) is 0 Å². The number of piperidine rings is 1. The van der Waals surface area contributed by atoms with Crippen molar-refractivity contribution in [2.24, 2.45) is 0 Å². The Labute approximate surface area is 139 Å². The van der Waals surface area contributed by atoms with Crippen molar-refractivity contribution < 1.29 is 8.42 Å². The lowest BCUT2D eigenvalue weighted by atomic mass is 10.0. The van der Waals surface area contributed by atoms with Crippen LogP contribution in [-0.2, 0) is 23.0 Å². The van der Waals surface area contributed by atoms with Crippen molar-refractivity contribution >= 4 is 15.7 Å². The van der Waals surface area contributed by atoms with Crippen LogP contribution < -0.4 is 10.0 Å². The lowest BCUT2D eigenvalue weighted by Crippen LogP contribution is -2.44. The highest BCUT2D eigenvalue weighted by atomic mass is 32.2. The summed E-state index contributed by atoms with van der Waals surface area (Å²) in [6.45, 7) is 5.78. The highest BCUT2D eigenvalue weighted by Crippen LogP contribution is 2.28. The molecule has 1 aromatic rings. The van der Waals surface area contributed by atoms with Gasteiger partial charge >= 0.3 is 0 Å². The van der Waals surface area contributed by atoms with E-state index in [0.717, 1.165) is 45.4 Å². The van der Waals surface area contributed by atoms with Crippen molar-refractivity contribution in [1.29, 1.82) is 0 Å². The molecule has 0 aromatic heterocycles. The van der Waals surface area contributed by atoms with Gasteiger partial charge in [0.15, 0.2) is 0 Å². The Morgan fingerprint density at radius 1 is 1.30 bits per heavy atom. The molecule has 1 fully saturated rings. The molecule has 2 N–H and O–H groups in total. The molecule has 3 rings (SSSR count). The average Bonchev–Trinajstić information content (AvgIpc) is 2.98. The van der Waals surface area contributed by atoms with Gasteiger partial charge in [0.25, 0.3) is 0 Å². The fourth-order valence-electron chi connectivity index (χ4n) is 3.57. The average molecular weight is 337 g/mol. The van der Waals surface area contributed by atoms with Crippen molar-refractivity contribution in [1.82, 2.24) is 9.62 Å². The molecule has 1 aromatic carbocycles. The predicted octanol–water partition coefficient (Wildman–Crippen LogP) is 1.95. The van der Waals surface area contributed by atoms with Gasteiger partial charge in [-0.2, -0.15) is 0 Å². The lowest BCUT2D eigenvalue weighted by Gasteiger charge is -2.32. The van der Waals surface area contributed by atoms with Crippen LogP contribution in [0.4, 0.5) is 5.69 Å². The Balaban J connectivity index is 1.53. The first kappa shape index (κ1) is 16.7. The molecule has 0 unspecified atom stereocenters. The molecule has 0 aliphatic carbocycles. The summed E-state index contributed by atoms with van der Waals surface area (Å²) in [6, 6.07) is 6.65. The van der Waals surface area contributed by atoms with E-state index < -0.39 is 10.0 Å². The van der Waals surface area contributed by atoms with Crippen LogP contribution in [0.25, 0.3) is 0 Å². The first-order valence-corrected chi connectivity index (χ1v) is 10.3. The second-order valence-corrected chi connectivity index (χ2v) is 8.49. The van der Waals surface area contributed by atoms with Gasteiger partial charge in [0.05, 0.1) is 5.75 Å². The van der Waals surface area contributed by atoms with Crippen LogP contribution in [0.15, 0.2) is 18.2 Å². The summed E-state index contributed by atoms with van der Waals surface area (Å²) in [5, 5.41) is 3.49. The SMILES string of the molecule is CCCS(=O)(=O)NC1CCN(Cc2cccc3c2NCC3)CC1. The Bertz CT molecular complexity index is 637. The maximum Gasteiger partial charge on any atom is 0.211 e. The van der Waals surface area contributed by atoms with E-state index in [1.54, 1.807) is 0 Å². The number of benzene rings is 1. The Morgan fingerprint density at radius 2 is 2.09 bits per heavy atom. The van der Waals surface area contributed by atoms with E-state index in [4.69, 9.17) is 0 Å². The summed E-state index contributed by atoms with van der Waals surface area (Å²) in [7, 11) is -3.09. The Kier molecular flexibility index (Phi) is 5.24. The number of anilines is 1. The molecule has 0 atom stereocenters. The minimum atomic E-state index is -3.09. The second-order valence-electron chi connectivity index (χ2n) is 6.62. The third kappa shape index (κ3) is 4.25. The standard InChI is InChI=1S/C17H27N3O2S/c1-2-12-23(21,22)19-16-7-10-20(11-8-16)13-15-5-3-4-14-6-9-18-17(14)15/h3-5,16,18-19H,2,6-13H2,1H3. The molecule has 2 aliphatic heterocycles. The molecule has 2 heterocycles. The summed E-state index contributed by atoms with van der Waals surface area (Å²) in [4.78, 5) is 2.43. The van der Waals surface area contributed by atoms with E-state index in [0.29, 0.717) is 6.42 Å². The molecular weight excluding hydrogens is 310 g/mol. The quantitative estimate of drug-likeness (QED) is 0.833. The Morgan fingerprint density at radius 3 is 2.83 bits per heavy atom. The van der Waals surface area contributed by atoms with Gasteiger partial charge in [-0.05, 0) is 36.8 Å². The molecule has 6 heteroatoms. The van der Waals surface area contributed by atoms with Gasteiger partial charge in [-0.15, -0.1) is 0 Å². The smallest absolute Gasteiger partial charge is 0.211 e. The van der Waals surface area contributed by atoms with E-state index in [1.807, 2.05) is 6.92 Å². The number of rotatable bonds is 6. The maximum absolute atomic E-state index is 11.9. The molecule has 1 saturated heterocycles. The summed E-state index contributed by atoms with van der Waals surface area (Å²) in [6.07, 6.45) is 3.57. The first-order chi connectivity index (χ1) is 11.1. The van der Waals surface area contributed by atoms with Crippen LogP contribution >= 0.6 is 0 Å². The molecule has 0 saturated carbocycles. The highest BCUT2D eigenvalue weighted by molar-refractivity contribution is 7.89. The zero-order chi connectivity index (χ0) is 16.3. The predicted molar refractivity (Wildman–Crippen MR) is 94.1 cm³/mol. The van der Waals surface area contributed by atoms with E-state index >= 15 is 0 Å². The third-order valence-electron chi connectivity index (χ3n) is 4.73. The molecule has 5 nitrogen and oxygen atoms in total. The number of nitrogens with one attached hydrogen (secondary N) is 2. The summed E-state index contributed by atoms with van der Waals surface area (Å²) >= 11 is 0. The van der Waals surface area contributed by atoms with Gasteiger partial charge in [0.1, 0.15) is 0 Å².